The van der Waals surface area contributed by atoms with Crippen LogP contribution in [0.2, 0.25) is 0 Å². The lowest BCUT2D eigenvalue weighted by Crippen LogP contribution is -2.20. The number of fused-ring (bicyclic) bond motifs is 2. The number of anilines is 2. The number of rotatable bonds is 2. The summed E-state index contributed by atoms with van der Waals surface area (Å²) in [5.74, 6) is 5.51. The van der Waals surface area contributed by atoms with Gasteiger partial charge < -0.3 is 10.2 Å². The van der Waals surface area contributed by atoms with Crippen molar-refractivity contribution in [3.63, 3.8) is 0 Å². The number of hydrogen-bond donors (Lipinski definition) is 1. The zero-order valence-electron chi connectivity index (χ0n) is 14.1. The van der Waals surface area contributed by atoms with E-state index in [1.165, 1.54) is 5.57 Å². The highest BCUT2D eigenvalue weighted by Crippen LogP contribution is 2.37. The monoisotopic (exact) mass is 362 g/mol. The Kier molecular flexibility index (Phi) is 4.19. The van der Waals surface area contributed by atoms with E-state index in [0.29, 0.717) is 5.69 Å². The predicted octanol–water partition coefficient (Wildman–Crippen LogP) is 3.75. The molecule has 0 saturated carbocycles. The number of carbonyl (C=O) groups is 1. The minimum absolute atomic E-state index is 0.345. The fourth-order valence-corrected chi connectivity index (χ4v) is 3.33. The van der Waals surface area contributed by atoms with Crippen molar-refractivity contribution in [2.45, 2.75) is 13.3 Å². The fraction of sp³-hybridized carbons (Fsp3) is 0.150. The van der Waals surface area contributed by atoms with E-state index in [2.05, 4.69) is 38.1 Å². The third kappa shape index (κ3) is 2.96. The van der Waals surface area contributed by atoms with Crippen molar-refractivity contribution >= 4 is 39.9 Å². The minimum atomic E-state index is -0.345. The molecule has 128 valence electrons. The first-order chi connectivity index (χ1) is 12.7. The molecule has 1 N–H and O–H groups in total. The quantitative estimate of drug-likeness (QED) is 0.827. The number of amides is 1. The molecule has 1 aliphatic carbocycles. The lowest BCUT2D eigenvalue weighted by atomic mass is 10.1. The zero-order chi connectivity index (χ0) is 18.1. The number of carbonyl (C=O) groups excluding carboxylic acids is 1. The van der Waals surface area contributed by atoms with E-state index in [1.807, 2.05) is 30.4 Å². The van der Waals surface area contributed by atoms with Crippen molar-refractivity contribution in [1.29, 1.82) is 0 Å². The smallest absolute Gasteiger partial charge is 0.300 e. The van der Waals surface area contributed by atoms with Gasteiger partial charge in [-0.15, -0.1) is 0 Å². The molecule has 0 saturated heterocycles. The highest BCUT2D eigenvalue weighted by molar-refractivity contribution is 6.31. The second kappa shape index (κ2) is 6.66. The molecule has 0 unspecified atom stereocenters. The first-order valence-corrected chi connectivity index (χ1v) is 8.56. The zero-order valence-corrected chi connectivity index (χ0v) is 14.8. The number of nitrogens with one attached hydrogen (secondary N) is 1. The van der Waals surface area contributed by atoms with Crippen LogP contribution in [0.25, 0.3) is 10.9 Å². The van der Waals surface area contributed by atoms with Gasteiger partial charge in [0.25, 0.3) is 5.91 Å². The van der Waals surface area contributed by atoms with Crippen LogP contribution in [0.4, 0.5) is 11.5 Å². The van der Waals surface area contributed by atoms with Crippen LogP contribution in [0, 0.1) is 11.8 Å². The minimum Gasteiger partial charge on any atom is -0.322 e. The maximum atomic E-state index is 11.7. The summed E-state index contributed by atoms with van der Waals surface area (Å²) in [5, 5.41) is 4.36. The molecule has 2 aromatic rings. The average Bonchev–Trinajstić information content (AvgIpc) is 3.04. The van der Waals surface area contributed by atoms with Crippen molar-refractivity contribution in [3.8, 4) is 11.8 Å². The van der Waals surface area contributed by atoms with Crippen LogP contribution in [-0.2, 0) is 4.79 Å². The lowest BCUT2D eigenvalue weighted by Gasteiger charge is -2.23. The van der Waals surface area contributed by atoms with E-state index in [4.69, 9.17) is 11.6 Å². The maximum Gasteiger partial charge on any atom is 0.300 e. The molecule has 26 heavy (non-hydrogen) atoms. The van der Waals surface area contributed by atoms with Crippen LogP contribution >= 0.6 is 11.6 Å². The van der Waals surface area contributed by atoms with Gasteiger partial charge in [-0.05, 0) is 49.1 Å². The van der Waals surface area contributed by atoms with Gasteiger partial charge in [0.1, 0.15) is 12.1 Å². The molecule has 0 fully saturated rings. The van der Waals surface area contributed by atoms with Crippen molar-refractivity contribution in [1.82, 2.24) is 9.97 Å². The number of allylic oxidation sites excluding steroid dienone is 4. The molecule has 0 bridgehead atoms. The van der Waals surface area contributed by atoms with Crippen LogP contribution in [0.5, 0.6) is 0 Å². The molecule has 1 amide bonds. The molecule has 4 rings (SSSR count). The lowest BCUT2D eigenvalue weighted by molar-refractivity contribution is -0.111. The molecular weight excluding hydrogens is 348 g/mol. The maximum absolute atomic E-state index is 11.7. The Morgan fingerprint density at radius 2 is 2.19 bits per heavy atom. The molecule has 0 radical (unpaired) electrons. The molecule has 2 heterocycles. The second-order valence-electron chi connectivity index (χ2n) is 5.92. The van der Waals surface area contributed by atoms with Gasteiger partial charge in [0.15, 0.2) is 0 Å². The predicted molar refractivity (Wildman–Crippen MR) is 104 cm³/mol. The van der Waals surface area contributed by atoms with Crippen LogP contribution in [0.1, 0.15) is 13.3 Å². The summed E-state index contributed by atoms with van der Waals surface area (Å²) in [6.45, 7) is 2.35. The van der Waals surface area contributed by atoms with Crippen molar-refractivity contribution in [2.24, 2.45) is 0 Å². The van der Waals surface area contributed by atoms with Crippen LogP contribution in [0.3, 0.4) is 0 Å². The Bertz CT molecular complexity index is 1070. The summed E-state index contributed by atoms with van der Waals surface area (Å²) in [6.07, 6.45) is 8.52. The fourth-order valence-electron chi connectivity index (χ4n) is 3.15. The Morgan fingerprint density at radius 1 is 1.31 bits per heavy atom. The van der Waals surface area contributed by atoms with Crippen LogP contribution in [0.15, 0.2) is 59.1 Å². The van der Waals surface area contributed by atoms with Gasteiger partial charge in [0, 0.05) is 28.3 Å². The molecule has 0 atom stereocenters. The van der Waals surface area contributed by atoms with Crippen molar-refractivity contribution in [3.05, 3.63) is 59.1 Å². The number of halogens is 1. The number of nitrogens with zero attached hydrogens (tertiary/aromatic N) is 3. The second-order valence-corrected chi connectivity index (χ2v) is 6.36. The van der Waals surface area contributed by atoms with E-state index in [-0.39, 0.29) is 5.91 Å². The van der Waals surface area contributed by atoms with E-state index < -0.39 is 0 Å². The first kappa shape index (κ1) is 16.4. The molecule has 6 heteroatoms. The van der Waals surface area contributed by atoms with Gasteiger partial charge in [-0.3, -0.25) is 4.79 Å². The summed E-state index contributed by atoms with van der Waals surface area (Å²) in [4.78, 5) is 22.7. The SMILES string of the molecule is CC#CC(=O)Nc1ccc2ncnc(N3CC=C4CC=C(Cl)C=C43)c2c1. The van der Waals surface area contributed by atoms with Gasteiger partial charge in [-0.1, -0.05) is 29.7 Å². The van der Waals surface area contributed by atoms with Gasteiger partial charge in [0.05, 0.1) is 5.52 Å². The standard InChI is InChI=1S/C20H15ClN4O/c1-2-3-19(26)24-15-6-7-17-16(11-15)20(23-12-22-17)25-9-8-13-4-5-14(21)10-18(13)25/h5-8,10-12H,4,9H2,1H3,(H,24,26). The molecule has 2 aliphatic rings. The number of aromatic nitrogens is 2. The highest BCUT2D eigenvalue weighted by atomic mass is 35.5. The number of hydrogen-bond acceptors (Lipinski definition) is 4. The van der Waals surface area contributed by atoms with Crippen LogP contribution in [-0.4, -0.2) is 22.4 Å². The van der Waals surface area contributed by atoms with E-state index in [0.717, 1.165) is 40.4 Å². The molecule has 1 aromatic carbocycles. The topological polar surface area (TPSA) is 58.1 Å². The van der Waals surface area contributed by atoms with Crippen molar-refractivity contribution < 1.29 is 4.79 Å². The summed E-state index contributed by atoms with van der Waals surface area (Å²) in [6, 6.07) is 5.54. The van der Waals surface area contributed by atoms with Crippen molar-refractivity contribution in [2.75, 3.05) is 16.8 Å². The Morgan fingerprint density at radius 3 is 3.04 bits per heavy atom. The summed E-state index contributed by atoms with van der Waals surface area (Å²) in [7, 11) is 0. The molecule has 5 nitrogen and oxygen atoms in total. The highest BCUT2D eigenvalue weighted by Gasteiger charge is 2.25. The molecule has 0 spiro atoms. The van der Waals surface area contributed by atoms with Gasteiger partial charge in [-0.25, -0.2) is 9.97 Å². The van der Waals surface area contributed by atoms with Crippen LogP contribution < -0.4 is 10.2 Å². The molecule has 1 aliphatic heterocycles. The van der Waals surface area contributed by atoms with E-state index in [1.54, 1.807) is 13.3 Å². The number of benzene rings is 1. The van der Waals surface area contributed by atoms with Gasteiger partial charge in [-0.2, -0.15) is 0 Å². The normalized spacial score (nSPS) is 15.5. The molecular formula is C20H15ClN4O. The average molecular weight is 363 g/mol. The third-order valence-electron chi connectivity index (χ3n) is 4.30. The summed E-state index contributed by atoms with van der Waals surface area (Å²) in [5.41, 5.74) is 3.76. The Balaban J connectivity index is 1.77. The summed E-state index contributed by atoms with van der Waals surface area (Å²) >= 11 is 6.20. The van der Waals surface area contributed by atoms with Gasteiger partial charge in [0.2, 0.25) is 0 Å². The van der Waals surface area contributed by atoms with E-state index in [9.17, 15) is 4.79 Å². The first-order valence-electron chi connectivity index (χ1n) is 8.18. The van der Waals surface area contributed by atoms with E-state index >= 15 is 0 Å². The third-order valence-corrected chi connectivity index (χ3v) is 4.56. The Hall–Kier alpha value is -3.10. The molecule has 1 aromatic heterocycles. The summed E-state index contributed by atoms with van der Waals surface area (Å²) < 4.78 is 0. The largest absolute Gasteiger partial charge is 0.322 e. The van der Waals surface area contributed by atoms with Gasteiger partial charge >= 0.3 is 0 Å². The Labute approximate surface area is 156 Å².